The van der Waals surface area contributed by atoms with Crippen molar-refractivity contribution in [3.8, 4) is 17.8 Å². The molecule has 0 bridgehead atoms. The summed E-state index contributed by atoms with van der Waals surface area (Å²) in [7, 11) is -2.20. The van der Waals surface area contributed by atoms with Crippen LogP contribution >= 0.6 is 0 Å². The molecule has 0 saturated carbocycles. The number of likely N-dealkylation sites (N-methyl/N-ethyl adjacent to an activating group) is 1. The molecule has 4 aromatic rings. The van der Waals surface area contributed by atoms with Gasteiger partial charge in [-0.15, -0.1) is 0 Å². The SMILES string of the molecule is CN[C@@H](C)C(=O)N[C@H]1CN(C(=O)CS(C)(=O)=O)c2cc(C#N)ccc2N(Cc2nn(-c3ccccc3C#N)c3ccccc23)C1=O. The molecule has 1 aliphatic rings. The Bertz CT molecular complexity index is 2060. The van der Waals surface area contributed by atoms with Crippen molar-refractivity contribution in [1.82, 2.24) is 20.4 Å². The maximum atomic E-state index is 14.4. The van der Waals surface area contributed by atoms with Gasteiger partial charge in [-0.1, -0.05) is 30.3 Å². The first-order chi connectivity index (χ1) is 21.9. The molecule has 46 heavy (non-hydrogen) atoms. The van der Waals surface area contributed by atoms with E-state index in [0.29, 0.717) is 27.8 Å². The van der Waals surface area contributed by atoms with Crippen LogP contribution in [0.1, 0.15) is 23.7 Å². The second kappa shape index (κ2) is 12.8. The number of hydrogen-bond donors (Lipinski definition) is 2. The van der Waals surface area contributed by atoms with E-state index >= 15 is 0 Å². The summed E-state index contributed by atoms with van der Waals surface area (Å²) in [6.45, 7) is 1.10. The molecular weight excluding hydrogens is 608 g/mol. The van der Waals surface area contributed by atoms with E-state index in [1.54, 1.807) is 42.9 Å². The number of benzene rings is 3. The molecule has 14 heteroatoms. The lowest BCUT2D eigenvalue weighted by atomic mass is 10.1. The lowest BCUT2D eigenvalue weighted by Crippen LogP contribution is -2.56. The molecule has 0 unspecified atom stereocenters. The number of carbonyl (C=O) groups is 3. The third kappa shape index (κ3) is 6.30. The van der Waals surface area contributed by atoms with E-state index in [0.717, 1.165) is 11.2 Å². The summed E-state index contributed by atoms with van der Waals surface area (Å²) in [6.07, 6.45) is 0.923. The Morgan fingerprint density at radius 2 is 1.74 bits per heavy atom. The first kappa shape index (κ1) is 31.8. The number of hydrogen-bond acceptors (Lipinski definition) is 9. The highest BCUT2D eigenvalue weighted by Gasteiger charge is 2.38. The van der Waals surface area contributed by atoms with Crippen molar-refractivity contribution in [2.45, 2.75) is 25.6 Å². The predicted octanol–water partition coefficient (Wildman–Crippen LogP) is 1.79. The van der Waals surface area contributed by atoms with Crippen LogP contribution in [0.5, 0.6) is 0 Å². The Morgan fingerprint density at radius 3 is 2.43 bits per heavy atom. The number of aromatic nitrogens is 2. The highest BCUT2D eigenvalue weighted by Crippen LogP contribution is 2.36. The zero-order valence-electron chi connectivity index (χ0n) is 25.3. The Labute approximate surface area is 265 Å². The third-order valence-corrected chi connectivity index (χ3v) is 8.44. The van der Waals surface area contributed by atoms with Gasteiger partial charge in [0.05, 0.1) is 64.6 Å². The molecule has 2 N–H and O–H groups in total. The molecule has 1 aromatic heterocycles. The minimum atomic E-state index is -3.78. The minimum Gasteiger partial charge on any atom is -0.341 e. The summed E-state index contributed by atoms with van der Waals surface area (Å²) >= 11 is 0. The van der Waals surface area contributed by atoms with Crippen molar-refractivity contribution in [2.75, 3.05) is 35.4 Å². The first-order valence-corrected chi connectivity index (χ1v) is 16.3. The Morgan fingerprint density at radius 1 is 1.02 bits per heavy atom. The van der Waals surface area contributed by atoms with Crippen LogP contribution in [0, 0.1) is 22.7 Å². The van der Waals surface area contributed by atoms with Crippen LogP contribution in [0.3, 0.4) is 0 Å². The number of rotatable bonds is 8. The molecule has 1 aliphatic heterocycles. The van der Waals surface area contributed by atoms with Crippen molar-refractivity contribution in [3.63, 3.8) is 0 Å². The summed E-state index contributed by atoms with van der Waals surface area (Å²) in [5.74, 6) is -2.76. The smallest absolute Gasteiger partial charge is 0.251 e. The fourth-order valence-electron chi connectivity index (χ4n) is 5.27. The summed E-state index contributed by atoms with van der Waals surface area (Å²) in [5, 5.41) is 30.5. The number of fused-ring (bicyclic) bond motifs is 2. The molecule has 0 radical (unpaired) electrons. The number of nitriles is 2. The van der Waals surface area contributed by atoms with Crippen molar-refractivity contribution < 1.29 is 22.8 Å². The van der Waals surface area contributed by atoms with Crippen LogP contribution in [0.15, 0.2) is 66.7 Å². The van der Waals surface area contributed by atoms with Crippen LogP contribution in [0.4, 0.5) is 11.4 Å². The van der Waals surface area contributed by atoms with E-state index in [4.69, 9.17) is 5.10 Å². The highest BCUT2D eigenvalue weighted by molar-refractivity contribution is 7.91. The number of para-hydroxylation sites is 2. The molecule has 234 valence electrons. The maximum Gasteiger partial charge on any atom is 0.251 e. The maximum absolute atomic E-state index is 14.4. The number of carbonyl (C=O) groups excluding carboxylic acids is 3. The van der Waals surface area contributed by atoms with Gasteiger partial charge in [0.1, 0.15) is 17.9 Å². The number of anilines is 2. The van der Waals surface area contributed by atoms with Crippen LogP contribution in [-0.2, 0) is 30.8 Å². The molecule has 3 amide bonds. The Hall–Kier alpha value is -5.57. The molecule has 3 aromatic carbocycles. The van der Waals surface area contributed by atoms with Crippen LogP contribution in [0.25, 0.3) is 16.6 Å². The average molecular weight is 639 g/mol. The summed E-state index contributed by atoms with van der Waals surface area (Å²) in [6, 6.07) is 20.9. The zero-order chi connectivity index (χ0) is 33.2. The van der Waals surface area contributed by atoms with Crippen LogP contribution in [0.2, 0.25) is 0 Å². The second-order valence-electron chi connectivity index (χ2n) is 10.9. The molecule has 2 atom stereocenters. The van der Waals surface area contributed by atoms with Gasteiger partial charge in [-0.05, 0) is 50.4 Å². The molecule has 5 rings (SSSR count). The molecule has 13 nitrogen and oxygen atoms in total. The summed E-state index contributed by atoms with van der Waals surface area (Å²) in [5.41, 5.74) is 2.61. The van der Waals surface area contributed by atoms with E-state index < -0.39 is 45.4 Å². The number of nitrogens with zero attached hydrogens (tertiary/aromatic N) is 6. The van der Waals surface area contributed by atoms with Gasteiger partial charge in [0.15, 0.2) is 9.84 Å². The fourth-order valence-corrected chi connectivity index (χ4v) is 5.88. The largest absolute Gasteiger partial charge is 0.341 e. The van der Waals surface area contributed by atoms with Crippen LogP contribution < -0.4 is 20.4 Å². The van der Waals surface area contributed by atoms with Gasteiger partial charge in [0.2, 0.25) is 11.8 Å². The van der Waals surface area contributed by atoms with Gasteiger partial charge in [0, 0.05) is 11.6 Å². The lowest BCUT2D eigenvalue weighted by Gasteiger charge is -2.26. The van der Waals surface area contributed by atoms with E-state index in [9.17, 15) is 33.3 Å². The molecular formula is C32H30N8O5S. The standard InChI is InChI=1S/C32H30N8O5S/c1-20(35-2)31(42)36-25-18-38(30(41)19-46(3,44)45)29-14-21(15-33)12-13-28(29)39(32(25)43)17-24-23-9-5-7-11-27(23)40(37-24)26-10-6-4-8-22(26)16-34/h4-14,20,25,35H,17-19H2,1-3H3,(H,36,42)/t20-,25-/m0/s1. The number of amides is 3. The van der Waals surface area contributed by atoms with Gasteiger partial charge in [-0.25, -0.2) is 13.1 Å². The lowest BCUT2D eigenvalue weighted by molar-refractivity contribution is -0.128. The third-order valence-electron chi connectivity index (χ3n) is 7.67. The summed E-state index contributed by atoms with van der Waals surface area (Å²) < 4.78 is 26.0. The molecule has 0 fully saturated rings. The Kier molecular flexibility index (Phi) is 8.87. The minimum absolute atomic E-state index is 0.123. The van der Waals surface area contributed by atoms with Gasteiger partial charge in [0.25, 0.3) is 5.91 Å². The van der Waals surface area contributed by atoms with Gasteiger partial charge >= 0.3 is 0 Å². The molecule has 0 saturated heterocycles. The molecule has 0 aliphatic carbocycles. The Balaban J connectivity index is 1.69. The summed E-state index contributed by atoms with van der Waals surface area (Å²) in [4.78, 5) is 43.4. The topological polar surface area (TPSA) is 181 Å². The predicted molar refractivity (Wildman–Crippen MR) is 171 cm³/mol. The van der Waals surface area contributed by atoms with Gasteiger partial charge in [-0.2, -0.15) is 15.6 Å². The second-order valence-corrected chi connectivity index (χ2v) is 13.0. The molecule has 2 heterocycles. The van der Waals surface area contributed by atoms with Gasteiger partial charge < -0.3 is 20.4 Å². The average Bonchev–Trinajstić information content (AvgIpc) is 3.36. The van der Waals surface area contributed by atoms with Crippen molar-refractivity contribution in [1.29, 1.82) is 10.5 Å². The highest BCUT2D eigenvalue weighted by atomic mass is 32.2. The van der Waals surface area contributed by atoms with E-state index in [1.807, 2.05) is 30.3 Å². The molecule has 0 spiro atoms. The van der Waals surface area contributed by atoms with E-state index in [2.05, 4.69) is 16.7 Å². The quantitative estimate of drug-likeness (QED) is 0.291. The fraction of sp³-hybridized carbons (Fsp3) is 0.250. The normalized spacial score (nSPS) is 15.4. The van der Waals surface area contributed by atoms with E-state index in [1.165, 1.54) is 23.1 Å². The number of nitrogens with one attached hydrogen (secondary N) is 2. The zero-order valence-corrected chi connectivity index (χ0v) is 26.1. The van der Waals surface area contributed by atoms with Crippen molar-refractivity contribution >= 4 is 49.8 Å². The van der Waals surface area contributed by atoms with Crippen molar-refractivity contribution in [3.05, 3.63) is 83.6 Å². The van der Waals surface area contributed by atoms with E-state index in [-0.39, 0.29) is 30.0 Å². The van der Waals surface area contributed by atoms with Gasteiger partial charge in [-0.3, -0.25) is 14.4 Å². The number of sulfone groups is 1. The first-order valence-electron chi connectivity index (χ1n) is 14.2. The van der Waals surface area contributed by atoms with Crippen LogP contribution in [-0.4, -0.2) is 73.6 Å². The van der Waals surface area contributed by atoms with Crippen molar-refractivity contribution in [2.24, 2.45) is 0 Å². The monoisotopic (exact) mass is 638 g/mol.